The van der Waals surface area contributed by atoms with Gasteiger partial charge in [0, 0.05) is 44.0 Å². The second kappa shape index (κ2) is 13.0. The lowest BCUT2D eigenvalue weighted by atomic mass is 9.84. The number of nitrogens with zero attached hydrogens (tertiary/aromatic N) is 6. The number of aryl methyl sites for hydroxylation is 3. The van der Waals surface area contributed by atoms with Crippen molar-refractivity contribution in [1.29, 1.82) is 0 Å². The van der Waals surface area contributed by atoms with Crippen LogP contribution in [0.2, 0.25) is 0 Å². The van der Waals surface area contributed by atoms with E-state index in [9.17, 15) is 13.2 Å². The molecule has 0 aliphatic carbocycles. The maximum absolute atomic E-state index is 13.9. The van der Waals surface area contributed by atoms with E-state index in [1.54, 1.807) is 18.5 Å². The molecule has 13 heteroatoms. The normalized spacial score (nSPS) is 16.8. The maximum atomic E-state index is 13.9. The van der Waals surface area contributed by atoms with Crippen molar-refractivity contribution in [3.8, 4) is 5.88 Å². The van der Waals surface area contributed by atoms with Crippen LogP contribution in [0.4, 0.5) is 0 Å². The zero-order valence-electron chi connectivity index (χ0n) is 26.4. The summed E-state index contributed by atoms with van der Waals surface area (Å²) in [5.74, 6) is 0.335. The van der Waals surface area contributed by atoms with Crippen molar-refractivity contribution in [2.75, 3.05) is 6.54 Å². The molecular weight excluding hydrogens is 604 g/mol. The topological polar surface area (TPSA) is 148 Å². The molecular formula is C33H38N8O4S. The average molecular weight is 643 g/mol. The van der Waals surface area contributed by atoms with Gasteiger partial charge in [0.25, 0.3) is 0 Å². The highest BCUT2D eigenvalue weighted by molar-refractivity contribution is 7.89. The molecule has 6 rings (SSSR count). The number of amides is 1. The molecule has 1 unspecified atom stereocenters. The highest BCUT2D eigenvalue weighted by Gasteiger charge is 2.35. The van der Waals surface area contributed by atoms with Crippen molar-refractivity contribution in [2.24, 2.45) is 0 Å². The number of ether oxygens (including phenoxy) is 1. The number of rotatable bonds is 10. The summed E-state index contributed by atoms with van der Waals surface area (Å²) in [6, 6.07) is 13.2. The third-order valence-electron chi connectivity index (χ3n) is 8.67. The predicted molar refractivity (Wildman–Crippen MR) is 173 cm³/mol. The van der Waals surface area contributed by atoms with Crippen molar-refractivity contribution in [2.45, 2.75) is 77.1 Å². The zero-order chi connectivity index (χ0) is 32.4. The Hall–Kier alpha value is -4.62. The molecule has 0 spiro atoms. The molecule has 240 valence electrons. The van der Waals surface area contributed by atoms with Crippen molar-refractivity contribution in [3.63, 3.8) is 0 Å². The lowest BCUT2D eigenvalue weighted by molar-refractivity contribution is -0.121. The van der Waals surface area contributed by atoms with Crippen LogP contribution in [-0.4, -0.2) is 61.2 Å². The molecule has 0 fully saturated rings. The number of aromatic amines is 1. The quantitative estimate of drug-likeness (QED) is 0.228. The first-order valence-corrected chi connectivity index (χ1v) is 16.9. The third kappa shape index (κ3) is 6.12. The number of benzene rings is 2. The minimum atomic E-state index is -3.89. The zero-order valence-corrected chi connectivity index (χ0v) is 27.2. The summed E-state index contributed by atoms with van der Waals surface area (Å²) in [7, 11) is -3.89. The standard InChI is InChI=1S/C33H38N8O4S/c1-5-25-20-40(46(43,44)29-8-7-13-36-33(29)45-25)19-24-16-23(10-9-21(24)3)27(17-31(42)37-18-30-34-14-15-35-30)26-11-12-28-32(22(26)4)38-39-41(28)6-2/h7-16,25,27H,5-6,17-20H2,1-4H3,(H,34,35)(H,37,42)/t25-,27?/m1/s1. The van der Waals surface area contributed by atoms with Gasteiger partial charge in [0.15, 0.2) is 0 Å². The first-order chi connectivity index (χ1) is 22.2. The number of imidazole rings is 1. The van der Waals surface area contributed by atoms with Crippen LogP contribution in [0.1, 0.15) is 66.2 Å². The second-order valence-corrected chi connectivity index (χ2v) is 13.5. The Morgan fingerprint density at radius 2 is 1.98 bits per heavy atom. The molecule has 0 bridgehead atoms. The number of fused-ring (bicyclic) bond motifs is 2. The molecule has 1 amide bonds. The van der Waals surface area contributed by atoms with Crippen LogP contribution < -0.4 is 10.1 Å². The lowest BCUT2D eigenvalue weighted by Crippen LogP contribution is -2.36. The summed E-state index contributed by atoms with van der Waals surface area (Å²) in [6.07, 6.45) is 5.36. The third-order valence-corrected chi connectivity index (χ3v) is 10.5. The van der Waals surface area contributed by atoms with E-state index in [1.807, 2.05) is 62.7 Å². The fourth-order valence-corrected chi connectivity index (χ4v) is 7.51. The van der Waals surface area contributed by atoms with Gasteiger partial charge >= 0.3 is 0 Å². The van der Waals surface area contributed by atoms with Crippen LogP contribution in [0, 0.1) is 13.8 Å². The van der Waals surface area contributed by atoms with Crippen LogP contribution in [0.25, 0.3) is 11.0 Å². The number of aromatic nitrogens is 6. The molecule has 46 heavy (non-hydrogen) atoms. The van der Waals surface area contributed by atoms with Crippen LogP contribution in [0.5, 0.6) is 5.88 Å². The summed E-state index contributed by atoms with van der Waals surface area (Å²) in [6.45, 7) is 9.29. The molecule has 2 N–H and O–H groups in total. The van der Waals surface area contributed by atoms with Gasteiger partial charge < -0.3 is 15.0 Å². The molecule has 0 radical (unpaired) electrons. The lowest BCUT2D eigenvalue weighted by Gasteiger charge is -2.25. The molecule has 2 atom stereocenters. The molecule has 5 aromatic rings. The van der Waals surface area contributed by atoms with Gasteiger partial charge in [-0.2, -0.15) is 4.31 Å². The summed E-state index contributed by atoms with van der Waals surface area (Å²) in [4.78, 5) is 24.9. The van der Waals surface area contributed by atoms with Gasteiger partial charge in [-0.1, -0.05) is 36.4 Å². The monoisotopic (exact) mass is 642 g/mol. The Labute approximate surface area is 268 Å². The maximum Gasteiger partial charge on any atom is 0.248 e. The van der Waals surface area contributed by atoms with Crippen LogP contribution in [-0.2, 0) is 34.5 Å². The van der Waals surface area contributed by atoms with E-state index >= 15 is 0 Å². The number of nitrogens with one attached hydrogen (secondary N) is 2. The van der Waals surface area contributed by atoms with Gasteiger partial charge in [-0.15, -0.1) is 5.10 Å². The van der Waals surface area contributed by atoms with E-state index in [4.69, 9.17) is 4.74 Å². The summed E-state index contributed by atoms with van der Waals surface area (Å²) in [5.41, 5.74) is 6.33. The molecule has 3 aromatic heterocycles. The average Bonchev–Trinajstić information content (AvgIpc) is 3.72. The minimum absolute atomic E-state index is 0.0647. The van der Waals surface area contributed by atoms with E-state index in [0.29, 0.717) is 18.8 Å². The van der Waals surface area contributed by atoms with Gasteiger partial charge in [-0.25, -0.2) is 23.1 Å². The minimum Gasteiger partial charge on any atom is -0.472 e. The smallest absolute Gasteiger partial charge is 0.248 e. The van der Waals surface area contributed by atoms with Gasteiger partial charge in [0.2, 0.25) is 21.8 Å². The number of carbonyl (C=O) groups is 1. The van der Waals surface area contributed by atoms with Gasteiger partial charge in [0.1, 0.15) is 22.3 Å². The molecule has 1 aliphatic rings. The molecule has 2 aromatic carbocycles. The predicted octanol–water partition coefficient (Wildman–Crippen LogP) is 4.39. The van der Waals surface area contributed by atoms with Gasteiger partial charge in [0.05, 0.1) is 18.6 Å². The molecule has 0 saturated carbocycles. The van der Waals surface area contributed by atoms with E-state index in [2.05, 4.69) is 30.6 Å². The molecule has 4 heterocycles. The Kier molecular flexibility index (Phi) is 8.87. The van der Waals surface area contributed by atoms with Crippen LogP contribution in [0.15, 0.2) is 66.0 Å². The number of pyridine rings is 1. The Balaban J connectivity index is 1.37. The second-order valence-electron chi connectivity index (χ2n) is 11.6. The first-order valence-electron chi connectivity index (χ1n) is 15.5. The summed E-state index contributed by atoms with van der Waals surface area (Å²) < 4.78 is 37.1. The fraction of sp³-hybridized carbons (Fsp3) is 0.364. The molecule has 12 nitrogen and oxygen atoms in total. The van der Waals surface area contributed by atoms with Crippen LogP contribution >= 0.6 is 0 Å². The summed E-state index contributed by atoms with van der Waals surface area (Å²) in [5, 5.41) is 11.7. The van der Waals surface area contributed by atoms with E-state index in [0.717, 1.165) is 38.9 Å². The molecule has 1 aliphatic heterocycles. The number of hydrogen-bond donors (Lipinski definition) is 2. The number of hydrogen-bond acceptors (Lipinski definition) is 8. The van der Waals surface area contributed by atoms with E-state index < -0.39 is 10.0 Å². The molecule has 0 saturated heterocycles. The number of sulfonamides is 1. The number of carbonyl (C=O) groups excluding carboxylic acids is 1. The van der Waals surface area contributed by atoms with Gasteiger partial charge in [-0.3, -0.25) is 4.79 Å². The highest BCUT2D eigenvalue weighted by Crippen LogP contribution is 2.36. The fourth-order valence-electron chi connectivity index (χ4n) is 5.99. The Morgan fingerprint density at radius 1 is 1.13 bits per heavy atom. The van der Waals surface area contributed by atoms with Crippen molar-refractivity contribution >= 4 is 27.0 Å². The van der Waals surface area contributed by atoms with E-state index in [-0.39, 0.29) is 54.8 Å². The van der Waals surface area contributed by atoms with Gasteiger partial charge in [-0.05, 0) is 73.2 Å². The highest BCUT2D eigenvalue weighted by atomic mass is 32.2. The van der Waals surface area contributed by atoms with E-state index in [1.165, 1.54) is 16.6 Å². The Morgan fingerprint density at radius 3 is 2.74 bits per heavy atom. The van der Waals surface area contributed by atoms with Crippen molar-refractivity contribution < 1.29 is 17.9 Å². The van der Waals surface area contributed by atoms with Crippen molar-refractivity contribution in [3.05, 3.63) is 94.7 Å². The Bertz CT molecular complexity index is 1970. The summed E-state index contributed by atoms with van der Waals surface area (Å²) >= 11 is 0. The van der Waals surface area contributed by atoms with Crippen molar-refractivity contribution in [1.82, 2.24) is 39.6 Å². The first kappa shape index (κ1) is 31.4. The SMILES string of the molecule is CC[C@@H]1CN(Cc2cc(C(CC(=O)NCc3ncc[nH]3)c3ccc4c(nnn4CC)c3C)ccc2C)S(=O)(=O)c2cccnc2O1. The largest absolute Gasteiger partial charge is 0.472 e. The number of H-pyrrole nitrogens is 1. The van der Waals surface area contributed by atoms with Crippen LogP contribution in [0.3, 0.4) is 0 Å².